The van der Waals surface area contributed by atoms with Gasteiger partial charge in [-0.15, -0.1) is 0 Å². The number of carbonyl (C=O) groups is 1. The van der Waals surface area contributed by atoms with Crippen LogP contribution in [0.5, 0.6) is 0 Å². The fourth-order valence-electron chi connectivity index (χ4n) is 7.59. The van der Waals surface area contributed by atoms with Gasteiger partial charge in [0.15, 0.2) is 6.29 Å². The topological polar surface area (TPSA) is 178 Å². The molecular formula is C48H90O12S. The van der Waals surface area contributed by atoms with E-state index in [9.17, 15) is 28.5 Å². The average Bonchev–Trinajstić information content (AvgIpc) is 3.23. The number of rotatable bonds is 43. The molecule has 1 fully saturated rings. The lowest BCUT2D eigenvalue weighted by Gasteiger charge is -2.41. The van der Waals surface area contributed by atoms with E-state index in [1.807, 2.05) is 0 Å². The third kappa shape index (κ3) is 33.7. The minimum Gasteiger partial charge on any atom is -0.457 e. The van der Waals surface area contributed by atoms with Crippen molar-refractivity contribution >= 4 is 16.4 Å². The summed E-state index contributed by atoms with van der Waals surface area (Å²) in [5, 5.41) is 30.7. The number of aliphatic hydroxyl groups excluding tert-OH is 3. The summed E-state index contributed by atoms with van der Waals surface area (Å²) in [7, 11) is -5.06. The molecule has 6 atom stereocenters. The molecule has 61 heavy (non-hydrogen) atoms. The lowest BCUT2D eigenvalue weighted by atomic mass is 9.99. The van der Waals surface area contributed by atoms with Gasteiger partial charge in [0.25, 0.3) is 0 Å². The quantitative estimate of drug-likeness (QED) is 0.0197. The van der Waals surface area contributed by atoms with E-state index < -0.39 is 59.8 Å². The summed E-state index contributed by atoms with van der Waals surface area (Å²) in [6.45, 7) is 3.94. The highest BCUT2D eigenvalue weighted by Crippen LogP contribution is 2.26. The van der Waals surface area contributed by atoms with Gasteiger partial charge in [-0.25, -0.2) is 4.18 Å². The lowest BCUT2D eigenvalue weighted by molar-refractivity contribution is -0.301. The molecule has 4 N–H and O–H groups in total. The Balaban J connectivity index is 2.34. The SMILES string of the molecule is CCC/C=C\C/C=C\CCCCCCCC(=O)OC(COCCCCCCCCCCCCCCCCCCCCCCC)COC1OC(CO)C(O)C(OS(=O)(=O)O)C1O. The zero-order valence-corrected chi connectivity index (χ0v) is 39.3. The predicted molar refractivity (Wildman–Crippen MR) is 244 cm³/mol. The fourth-order valence-corrected chi connectivity index (χ4v) is 8.10. The lowest BCUT2D eigenvalue weighted by Crippen LogP contribution is -2.60. The Kier molecular flexibility index (Phi) is 37.9. The maximum atomic E-state index is 12.8. The fraction of sp³-hybridized carbons (Fsp3) is 0.896. The molecule has 0 radical (unpaired) electrons. The van der Waals surface area contributed by atoms with Crippen molar-refractivity contribution in [3.05, 3.63) is 24.3 Å². The van der Waals surface area contributed by atoms with Gasteiger partial charge in [-0.05, 0) is 38.5 Å². The Morgan fingerprint density at radius 1 is 0.623 bits per heavy atom. The molecule has 6 unspecified atom stereocenters. The van der Waals surface area contributed by atoms with E-state index >= 15 is 0 Å². The first-order chi connectivity index (χ1) is 29.6. The molecule has 0 aromatic rings. The van der Waals surface area contributed by atoms with Crippen LogP contribution in [0.4, 0.5) is 0 Å². The molecule has 0 amide bonds. The molecule has 360 valence electrons. The Morgan fingerprint density at radius 2 is 1.11 bits per heavy atom. The van der Waals surface area contributed by atoms with Gasteiger partial charge in [-0.2, -0.15) is 8.42 Å². The van der Waals surface area contributed by atoms with E-state index in [-0.39, 0.29) is 19.6 Å². The first kappa shape index (κ1) is 57.6. The van der Waals surface area contributed by atoms with Crippen LogP contribution in [0, 0.1) is 0 Å². The summed E-state index contributed by atoms with van der Waals surface area (Å²) in [6, 6.07) is 0. The second kappa shape index (κ2) is 40.1. The van der Waals surface area contributed by atoms with Gasteiger partial charge in [-0.3, -0.25) is 9.35 Å². The summed E-state index contributed by atoms with van der Waals surface area (Å²) < 4.78 is 59.1. The van der Waals surface area contributed by atoms with Crippen molar-refractivity contribution < 1.29 is 56.2 Å². The number of ether oxygens (including phenoxy) is 4. The van der Waals surface area contributed by atoms with E-state index in [1.54, 1.807) is 0 Å². The zero-order valence-electron chi connectivity index (χ0n) is 38.5. The van der Waals surface area contributed by atoms with Gasteiger partial charge in [0.05, 0.1) is 19.8 Å². The van der Waals surface area contributed by atoms with Crippen LogP contribution in [-0.4, -0.2) is 97.5 Å². The minimum atomic E-state index is -5.06. The molecule has 12 nitrogen and oxygen atoms in total. The van der Waals surface area contributed by atoms with Gasteiger partial charge in [0.1, 0.15) is 30.5 Å². The molecule has 0 aromatic carbocycles. The van der Waals surface area contributed by atoms with Crippen molar-refractivity contribution in [1.82, 2.24) is 0 Å². The zero-order chi connectivity index (χ0) is 44.7. The van der Waals surface area contributed by atoms with Crippen LogP contribution in [0.2, 0.25) is 0 Å². The summed E-state index contributed by atoms with van der Waals surface area (Å²) in [5.74, 6) is -0.410. The average molecular weight is 891 g/mol. The Morgan fingerprint density at radius 3 is 1.62 bits per heavy atom. The molecule has 1 saturated heterocycles. The maximum absolute atomic E-state index is 12.8. The maximum Gasteiger partial charge on any atom is 0.397 e. The second-order valence-corrected chi connectivity index (χ2v) is 18.1. The molecular weight excluding hydrogens is 801 g/mol. The summed E-state index contributed by atoms with van der Waals surface area (Å²) in [6.07, 6.45) is 36.5. The molecule has 13 heteroatoms. The number of unbranched alkanes of at least 4 members (excludes halogenated alkanes) is 26. The summed E-state index contributed by atoms with van der Waals surface area (Å²) in [5.41, 5.74) is 0. The van der Waals surface area contributed by atoms with Gasteiger partial charge < -0.3 is 34.3 Å². The van der Waals surface area contributed by atoms with Crippen molar-refractivity contribution in [2.75, 3.05) is 26.4 Å². The van der Waals surface area contributed by atoms with Crippen LogP contribution < -0.4 is 0 Å². The normalized spacial score (nSPS) is 20.3. The molecule has 0 spiro atoms. The van der Waals surface area contributed by atoms with Crippen LogP contribution in [0.15, 0.2) is 24.3 Å². The number of aliphatic hydroxyl groups is 3. The van der Waals surface area contributed by atoms with Crippen molar-refractivity contribution in [3.8, 4) is 0 Å². The number of carbonyl (C=O) groups excluding carboxylic acids is 1. The summed E-state index contributed by atoms with van der Waals surface area (Å²) in [4.78, 5) is 12.8. The third-order valence-electron chi connectivity index (χ3n) is 11.3. The molecule has 1 heterocycles. The second-order valence-electron chi connectivity index (χ2n) is 17.1. The highest BCUT2D eigenvalue weighted by molar-refractivity contribution is 7.80. The van der Waals surface area contributed by atoms with Crippen LogP contribution in [-0.2, 0) is 38.3 Å². The van der Waals surface area contributed by atoms with Gasteiger partial charge in [-0.1, -0.05) is 192 Å². The first-order valence-corrected chi connectivity index (χ1v) is 26.0. The van der Waals surface area contributed by atoms with Gasteiger partial charge in [0.2, 0.25) is 0 Å². The molecule has 0 aliphatic carbocycles. The molecule has 0 aromatic heterocycles. The molecule has 1 aliphatic rings. The van der Waals surface area contributed by atoms with E-state index in [0.29, 0.717) is 13.0 Å². The first-order valence-electron chi connectivity index (χ1n) is 24.6. The monoisotopic (exact) mass is 891 g/mol. The minimum absolute atomic E-state index is 0.0344. The molecule has 1 rings (SSSR count). The smallest absolute Gasteiger partial charge is 0.397 e. The van der Waals surface area contributed by atoms with Gasteiger partial charge in [0, 0.05) is 13.0 Å². The molecule has 0 bridgehead atoms. The van der Waals surface area contributed by atoms with E-state index in [1.165, 1.54) is 122 Å². The van der Waals surface area contributed by atoms with E-state index in [2.05, 4.69) is 42.3 Å². The number of allylic oxidation sites excluding steroid dienone is 4. The van der Waals surface area contributed by atoms with Crippen molar-refractivity contribution in [2.24, 2.45) is 0 Å². The van der Waals surface area contributed by atoms with Gasteiger partial charge >= 0.3 is 16.4 Å². The van der Waals surface area contributed by atoms with Crippen LogP contribution in [0.3, 0.4) is 0 Å². The van der Waals surface area contributed by atoms with Crippen LogP contribution >= 0.6 is 0 Å². The molecule has 1 aliphatic heterocycles. The van der Waals surface area contributed by atoms with E-state index in [4.69, 9.17) is 23.5 Å². The number of esters is 1. The standard InChI is InChI=1S/C48H90O12S/c1-3-5-7-9-11-13-15-17-18-19-20-21-22-23-24-26-28-30-32-34-36-38-56-40-42(41-57-48-46(52)47(60-61(53,54)55)45(51)43(39-49)59-48)58-44(50)37-35-33-31-29-27-25-16-14-12-10-8-6-4-2/h8,10,14,16,42-43,45-49,51-52H,3-7,9,11-13,15,17-41H2,1-2H3,(H,53,54,55)/b10-8-,16-14-. The Labute approximate surface area is 371 Å². The van der Waals surface area contributed by atoms with Crippen molar-refractivity contribution in [1.29, 1.82) is 0 Å². The third-order valence-corrected chi connectivity index (χ3v) is 11.8. The number of hydrogen-bond donors (Lipinski definition) is 4. The number of hydrogen-bond acceptors (Lipinski definition) is 11. The Bertz CT molecular complexity index is 1170. The predicted octanol–water partition coefficient (Wildman–Crippen LogP) is 10.8. The highest BCUT2D eigenvalue weighted by Gasteiger charge is 2.48. The summed E-state index contributed by atoms with van der Waals surface area (Å²) >= 11 is 0. The van der Waals surface area contributed by atoms with Crippen LogP contribution in [0.25, 0.3) is 0 Å². The van der Waals surface area contributed by atoms with Crippen molar-refractivity contribution in [3.63, 3.8) is 0 Å². The van der Waals surface area contributed by atoms with Crippen LogP contribution in [0.1, 0.15) is 213 Å². The molecule has 0 saturated carbocycles. The van der Waals surface area contributed by atoms with Crippen molar-refractivity contribution in [2.45, 2.75) is 250 Å². The Hall–Kier alpha value is -1.42. The van der Waals surface area contributed by atoms with E-state index in [0.717, 1.165) is 64.2 Å². The largest absolute Gasteiger partial charge is 0.457 e. The highest BCUT2D eigenvalue weighted by atomic mass is 32.3.